The Balaban J connectivity index is 1.83. The van der Waals surface area contributed by atoms with Crippen LogP contribution in [0.1, 0.15) is 103 Å². The molecule has 0 bridgehead atoms. The summed E-state index contributed by atoms with van der Waals surface area (Å²) in [6.45, 7) is 7.08. The third-order valence-electron chi connectivity index (χ3n) is 7.25. The molecule has 0 aliphatic heterocycles. The molecule has 0 aliphatic rings. The molecule has 4 heteroatoms. The highest BCUT2D eigenvalue weighted by Gasteiger charge is 2.36. The number of unbranched alkanes of at least 4 members (excludes halogenated alkanes) is 8. The summed E-state index contributed by atoms with van der Waals surface area (Å²) < 4.78 is 12.6. The predicted octanol–water partition coefficient (Wildman–Crippen LogP) is 8.47. The SMILES string of the molecule is CCCCCCCCCCCc1cccc(OC(CC)OC(=O)C(CC)[N+](C)(C)Cc2ccccc2)c1. The van der Waals surface area contributed by atoms with E-state index in [1.807, 2.05) is 37.3 Å². The number of hydrogen-bond donors (Lipinski definition) is 0. The van der Waals surface area contributed by atoms with Crippen molar-refractivity contribution in [1.82, 2.24) is 0 Å². The summed E-state index contributed by atoms with van der Waals surface area (Å²) in [6, 6.07) is 18.3. The molecule has 2 rings (SSSR count). The lowest BCUT2D eigenvalue weighted by Gasteiger charge is -2.36. The Morgan fingerprint density at radius 3 is 2.00 bits per heavy atom. The molecule has 0 heterocycles. The van der Waals surface area contributed by atoms with Gasteiger partial charge in [0.15, 0.2) is 6.04 Å². The van der Waals surface area contributed by atoms with Crippen LogP contribution in [-0.4, -0.2) is 36.9 Å². The molecule has 0 radical (unpaired) electrons. The smallest absolute Gasteiger partial charge is 0.368 e. The summed E-state index contributed by atoms with van der Waals surface area (Å²) in [5.41, 5.74) is 2.50. The van der Waals surface area contributed by atoms with Crippen molar-refractivity contribution in [2.45, 2.75) is 117 Å². The van der Waals surface area contributed by atoms with E-state index in [4.69, 9.17) is 9.47 Å². The molecule has 2 atom stereocenters. The van der Waals surface area contributed by atoms with Gasteiger partial charge in [-0.2, -0.15) is 0 Å². The number of benzene rings is 2. The summed E-state index contributed by atoms with van der Waals surface area (Å²) in [5, 5.41) is 0. The van der Waals surface area contributed by atoms with E-state index in [0.29, 0.717) is 17.3 Å². The van der Waals surface area contributed by atoms with Gasteiger partial charge in [0.05, 0.1) is 14.1 Å². The van der Waals surface area contributed by atoms with Crippen molar-refractivity contribution in [2.75, 3.05) is 14.1 Å². The minimum Gasteiger partial charge on any atom is -0.455 e. The van der Waals surface area contributed by atoms with Crippen LogP contribution >= 0.6 is 0 Å². The zero-order chi connectivity index (χ0) is 26.9. The van der Waals surface area contributed by atoms with E-state index in [9.17, 15) is 4.79 Å². The number of ether oxygens (including phenoxy) is 2. The standard InChI is InChI=1S/C33H52NO3/c1-6-9-10-11-12-13-14-15-17-21-28-24-20-25-30(26-28)36-32(8-3)37-33(35)31(7-2)34(4,5)27-29-22-18-16-19-23-29/h16,18-20,22-26,31-32H,6-15,17,21,27H2,1-5H3/q+1. The van der Waals surface area contributed by atoms with E-state index in [2.05, 4.69) is 52.2 Å². The Bertz CT molecular complexity index is 880. The molecule has 4 nitrogen and oxygen atoms in total. The topological polar surface area (TPSA) is 35.5 Å². The molecule has 2 unspecified atom stereocenters. The summed E-state index contributed by atoms with van der Waals surface area (Å²) in [4.78, 5) is 13.2. The highest BCUT2D eigenvalue weighted by Crippen LogP contribution is 2.22. The number of hydrogen-bond acceptors (Lipinski definition) is 3. The Kier molecular flexibility index (Phi) is 14.4. The van der Waals surface area contributed by atoms with Crippen LogP contribution in [0.4, 0.5) is 0 Å². The van der Waals surface area contributed by atoms with Gasteiger partial charge in [0, 0.05) is 18.4 Å². The molecule has 0 spiro atoms. The van der Waals surface area contributed by atoms with Crippen molar-refractivity contribution < 1.29 is 18.8 Å². The Morgan fingerprint density at radius 2 is 1.38 bits per heavy atom. The van der Waals surface area contributed by atoms with Crippen LogP contribution in [0.25, 0.3) is 0 Å². The second-order valence-electron chi connectivity index (χ2n) is 11.0. The van der Waals surface area contributed by atoms with Gasteiger partial charge in [-0.05, 0) is 30.5 Å². The number of rotatable bonds is 19. The van der Waals surface area contributed by atoms with Crippen molar-refractivity contribution >= 4 is 5.97 Å². The van der Waals surface area contributed by atoms with Crippen LogP contribution < -0.4 is 4.74 Å². The molecule has 0 amide bonds. The molecule has 0 saturated heterocycles. The third kappa shape index (κ3) is 11.7. The van der Waals surface area contributed by atoms with Crippen molar-refractivity contribution in [3.63, 3.8) is 0 Å². The number of nitrogens with zero attached hydrogens (tertiary/aromatic N) is 1. The van der Waals surface area contributed by atoms with Gasteiger partial charge in [-0.1, -0.05) is 115 Å². The first kappa shape index (κ1) is 30.9. The molecule has 0 aliphatic carbocycles. The first-order valence-electron chi connectivity index (χ1n) is 14.7. The van der Waals surface area contributed by atoms with Crippen molar-refractivity contribution in [3.05, 3.63) is 65.7 Å². The highest BCUT2D eigenvalue weighted by molar-refractivity contribution is 5.74. The van der Waals surface area contributed by atoms with Gasteiger partial charge in [0.25, 0.3) is 0 Å². The maximum Gasteiger partial charge on any atom is 0.368 e. The van der Waals surface area contributed by atoms with Gasteiger partial charge < -0.3 is 14.0 Å². The fourth-order valence-corrected chi connectivity index (χ4v) is 5.08. The third-order valence-corrected chi connectivity index (χ3v) is 7.25. The molecule has 2 aromatic rings. The summed E-state index contributed by atoms with van der Waals surface area (Å²) in [7, 11) is 4.19. The van der Waals surface area contributed by atoms with Gasteiger partial charge in [-0.15, -0.1) is 0 Å². The quantitative estimate of drug-likeness (QED) is 0.0823. The number of quaternary nitrogens is 1. The molecule has 2 aromatic carbocycles. The van der Waals surface area contributed by atoms with Gasteiger partial charge in [0.1, 0.15) is 12.3 Å². The average Bonchev–Trinajstić information content (AvgIpc) is 2.88. The molecule has 0 N–H and O–H groups in total. The molecule has 37 heavy (non-hydrogen) atoms. The number of likely N-dealkylation sites (N-methyl/N-ethyl adjacent to an activating group) is 1. The maximum absolute atomic E-state index is 13.2. The van der Waals surface area contributed by atoms with Gasteiger partial charge in [-0.25, -0.2) is 4.79 Å². The highest BCUT2D eigenvalue weighted by atomic mass is 16.7. The number of carbonyl (C=O) groups excluding carboxylic acids is 1. The first-order valence-corrected chi connectivity index (χ1v) is 14.7. The second kappa shape index (κ2) is 17.2. The van der Waals surface area contributed by atoms with E-state index < -0.39 is 6.29 Å². The average molecular weight is 511 g/mol. The first-order chi connectivity index (χ1) is 17.9. The number of esters is 1. The molecular weight excluding hydrogens is 458 g/mol. The second-order valence-corrected chi connectivity index (χ2v) is 11.0. The van der Waals surface area contributed by atoms with Crippen LogP contribution in [0.15, 0.2) is 54.6 Å². The summed E-state index contributed by atoms with van der Waals surface area (Å²) in [5.74, 6) is 0.584. The van der Waals surface area contributed by atoms with Gasteiger partial charge >= 0.3 is 5.97 Å². The Hall–Kier alpha value is -2.33. The Labute approximate surface area is 227 Å². The van der Waals surface area contributed by atoms with E-state index in [-0.39, 0.29) is 12.0 Å². The summed E-state index contributed by atoms with van der Waals surface area (Å²) in [6.07, 6.45) is 13.8. The molecule has 0 aromatic heterocycles. The fourth-order valence-electron chi connectivity index (χ4n) is 5.08. The normalized spacial score (nSPS) is 13.2. The van der Waals surface area contributed by atoms with Crippen molar-refractivity contribution in [1.29, 1.82) is 0 Å². The Morgan fingerprint density at radius 1 is 0.757 bits per heavy atom. The van der Waals surface area contributed by atoms with Crippen LogP contribution in [-0.2, 0) is 22.5 Å². The minimum atomic E-state index is -0.582. The molecule has 0 fully saturated rings. The maximum atomic E-state index is 13.2. The molecular formula is C33H52NO3+. The zero-order valence-electron chi connectivity index (χ0n) is 24.2. The van der Waals surface area contributed by atoms with E-state index in [1.54, 1.807) is 0 Å². The van der Waals surface area contributed by atoms with Crippen LogP contribution in [0, 0.1) is 0 Å². The predicted molar refractivity (Wildman–Crippen MR) is 155 cm³/mol. The fraction of sp³-hybridized carbons (Fsp3) is 0.606. The summed E-state index contributed by atoms with van der Waals surface area (Å²) >= 11 is 0. The lowest BCUT2D eigenvalue weighted by Crippen LogP contribution is -2.53. The van der Waals surface area contributed by atoms with Crippen LogP contribution in [0.2, 0.25) is 0 Å². The lowest BCUT2D eigenvalue weighted by atomic mass is 10.0. The largest absolute Gasteiger partial charge is 0.455 e. The van der Waals surface area contributed by atoms with Gasteiger partial charge in [-0.3, -0.25) is 0 Å². The lowest BCUT2D eigenvalue weighted by molar-refractivity contribution is -0.919. The molecule has 206 valence electrons. The van der Waals surface area contributed by atoms with E-state index in [0.717, 1.165) is 18.7 Å². The van der Waals surface area contributed by atoms with E-state index in [1.165, 1.54) is 68.9 Å². The van der Waals surface area contributed by atoms with E-state index >= 15 is 0 Å². The van der Waals surface area contributed by atoms with Crippen LogP contribution in [0.3, 0.4) is 0 Å². The monoisotopic (exact) mass is 510 g/mol. The molecule has 0 saturated carbocycles. The van der Waals surface area contributed by atoms with Gasteiger partial charge in [0.2, 0.25) is 6.29 Å². The van der Waals surface area contributed by atoms with Crippen LogP contribution in [0.5, 0.6) is 5.75 Å². The van der Waals surface area contributed by atoms with Crippen molar-refractivity contribution in [2.24, 2.45) is 0 Å². The number of aryl methyl sites for hydroxylation is 1. The number of carbonyl (C=O) groups is 1. The zero-order valence-corrected chi connectivity index (χ0v) is 24.2. The van der Waals surface area contributed by atoms with Crippen molar-refractivity contribution in [3.8, 4) is 5.75 Å². The minimum absolute atomic E-state index is 0.193.